The predicted octanol–water partition coefficient (Wildman–Crippen LogP) is 3.97. The van der Waals surface area contributed by atoms with Gasteiger partial charge in [-0.1, -0.05) is 12.1 Å². The molecule has 35 heavy (non-hydrogen) atoms. The average Bonchev–Trinajstić information content (AvgIpc) is 3.22. The van der Waals surface area contributed by atoms with E-state index in [0.29, 0.717) is 18.8 Å². The molecule has 182 valence electrons. The average molecular weight is 496 g/mol. The molecule has 10 nitrogen and oxygen atoms in total. The van der Waals surface area contributed by atoms with Crippen molar-refractivity contribution in [1.82, 2.24) is 24.8 Å². The van der Waals surface area contributed by atoms with Crippen molar-refractivity contribution in [2.45, 2.75) is 19.4 Å². The molecule has 0 fully saturated rings. The van der Waals surface area contributed by atoms with Crippen LogP contribution in [0.4, 0.5) is 15.4 Å². The van der Waals surface area contributed by atoms with Gasteiger partial charge in [-0.15, -0.1) is 12.4 Å². The van der Waals surface area contributed by atoms with E-state index >= 15 is 0 Å². The summed E-state index contributed by atoms with van der Waals surface area (Å²) in [6.45, 7) is 2.33. The number of urea groups is 1. The minimum absolute atomic E-state index is 0. The van der Waals surface area contributed by atoms with Crippen LogP contribution in [-0.4, -0.2) is 38.2 Å². The summed E-state index contributed by atoms with van der Waals surface area (Å²) in [6.07, 6.45) is 7.35. The first kappa shape index (κ1) is 25.4. The number of primary amides is 1. The zero-order valence-corrected chi connectivity index (χ0v) is 20.1. The number of hydrogen-bond acceptors (Lipinski definition) is 6. The number of halogens is 1. The molecule has 3 aromatic heterocycles. The molecular weight excluding hydrogens is 470 g/mol. The Bertz CT molecular complexity index is 1330. The number of nitrogens with two attached hydrogens (primary N) is 1. The van der Waals surface area contributed by atoms with Crippen molar-refractivity contribution in [3.63, 3.8) is 0 Å². The number of amides is 3. The first-order valence-electron chi connectivity index (χ1n) is 10.8. The Hall–Kier alpha value is -4.18. The third-order valence-corrected chi connectivity index (χ3v) is 5.40. The second kappa shape index (κ2) is 11.3. The normalized spacial score (nSPS) is 11.4. The van der Waals surface area contributed by atoms with Crippen LogP contribution in [0.2, 0.25) is 0 Å². The van der Waals surface area contributed by atoms with E-state index in [1.54, 1.807) is 30.9 Å². The van der Waals surface area contributed by atoms with Crippen molar-refractivity contribution >= 4 is 41.1 Å². The van der Waals surface area contributed by atoms with Crippen LogP contribution in [0.5, 0.6) is 0 Å². The van der Waals surface area contributed by atoms with Crippen LogP contribution in [0.15, 0.2) is 61.3 Å². The molecule has 0 aliphatic heterocycles. The summed E-state index contributed by atoms with van der Waals surface area (Å²) < 4.78 is 7.37. The molecule has 4 rings (SSSR count). The topological polar surface area (TPSA) is 137 Å². The smallest absolute Gasteiger partial charge is 0.405 e. The Morgan fingerprint density at radius 1 is 1.11 bits per heavy atom. The number of ether oxygens (including phenoxy) is 1. The summed E-state index contributed by atoms with van der Waals surface area (Å²) in [4.78, 5) is 36.7. The van der Waals surface area contributed by atoms with E-state index in [0.717, 1.165) is 33.3 Å². The Kier molecular flexibility index (Phi) is 8.21. The van der Waals surface area contributed by atoms with Gasteiger partial charge in [-0.3, -0.25) is 10.3 Å². The standard InChI is InChI=1S/C24H25N7O3.ClH/c1-3-27-24(33)30-21-12-18-16(15-6-8-26-9-7-15)4-5-17(19(18)14-29-21)20(34-23(25)32)13-22-28-10-11-31(22)2;/h4-12,14,20H,3,13H2,1-2H3,(H2,25,32)(H2,27,29,30,33);1H. The lowest BCUT2D eigenvalue weighted by Gasteiger charge is -2.20. The number of nitrogens with zero attached hydrogens (tertiary/aromatic N) is 4. The van der Waals surface area contributed by atoms with Crippen LogP contribution < -0.4 is 16.4 Å². The maximum atomic E-state index is 12.1. The minimum Gasteiger partial charge on any atom is -0.441 e. The molecule has 1 unspecified atom stereocenters. The van der Waals surface area contributed by atoms with Crippen molar-refractivity contribution in [1.29, 1.82) is 0 Å². The van der Waals surface area contributed by atoms with Gasteiger partial charge in [0.15, 0.2) is 0 Å². The van der Waals surface area contributed by atoms with E-state index in [-0.39, 0.29) is 18.4 Å². The highest BCUT2D eigenvalue weighted by Gasteiger charge is 2.22. The Balaban J connectivity index is 0.00000342. The summed E-state index contributed by atoms with van der Waals surface area (Å²) >= 11 is 0. The van der Waals surface area contributed by atoms with Gasteiger partial charge in [0.25, 0.3) is 0 Å². The van der Waals surface area contributed by atoms with E-state index in [9.17, 15) is 9.59 Å². The summed E-state index contributed by atoms with van der Waals surface area (Å²) in [5, 5.41) is 7.02. The summed E-state index contributed by atoms with van der Waals surface area (Å²) in [6, 6.07) is 9.09. The number of aryl methyl sites for hydroxylation is 1. The second-order valence-corrected chi connectivity index (χ2v) is 7.62. The zero-order chi connectivity index (χ0) is 24.1. The molecular formula is C24H26ClN7O3. The summed E-state index contributed by atoms with van der Waals surface area (Å²) in [5.41, 5.74) is 7.99. The minimum atomic E-state index is -0.881. The number of carbonyl (C=O) groups is 2. The molecule has 0 saturated carbocycles. The largest absolute Gasteiger partial charge is 0.441 e. The van der Waals surface area contributed by atoms with Crippen molar-refractivity contribution in [3.8, 4) is 11.1 Å². The van der Waals surface area contributed by atoms with Crippen molar-refractivity contribution < 1.29 is 14.3 Å². The number of aromatic nitrogens is 4. The van der Waals surface area contributed by atoms with Crippen molar-refractivity contribution in [2.75, 3.05) is 11.9 Å². The molecule has 4 N–H and O–H groups in total. The third-order valence-electron chi connectivity index (χ3n) is 5.40. The van der Waals surface area contributed by atoms with E-state index in [4.69, 9.17) is 10.5 Å². The van der Waals surface area contributed by atoms with Gasteiger partial charge < -0.3 is 20.4 Å². The van der Waals surface area contributed by atoms with Crippen LogP contribution in [-0.2, 0) is 18.2 Å². The number of rotatable bonds is 7. The van der Waals surface area contributed by atoms with Gasteiger partial charge >= 0.3 is 12.1 Å². The number of pyridine rings is 2. The van der Waals surface area contributed by atoms with E-state index < -0.39 is 12.2 Å². The van der Waals surface area contributed by atoms with Gasteiger partial charge in [-0.05, 0) is 41.6 Å². The molecule has 0 bridgehead atoms. The molecule has 1 atom stereocenters. The maximum absolute atomic E-state index is 12.1. The number of benzene rings is 1. The zero-order valence-electron chi connectivity index (χ0n) is 19.3. The lowest BCUT2D eigenvalue weighted by molar-refractivity contribution is 0.106. The highest BCUT2D eigenvalue weighted by Crippen LogP contribution is 2.36. The Morgan fingerprint density at radius 2 is 1.89 bits per heavy atom. The van der Waals surface area contributed by atoms with Gasteiger partial charge in [0.05, 0.1) is 0 Å². The molecule has 1 aromatic carbocycles. The van der Waals surface area contributed by atoms with Crippen molar-refractivity contribution in [3.05, 3.63) is 72.7 Å². The summed E-state index contributed by atoms with van der Waals surface area (Å²) in [5.74, 6) is 1.13. The van der Waals surface area contributed by atoms with Gasteiger partial charge in [0, 0.05) is 61.9 Å². The van der Waals surface area contributed by atoms with Crippen LogP contribution in [0.1, 0.15) is 24.4 Å². The van der Waals surface area contributed by atoms with Gasteiger partial charge in [0.2, 0.25) is 0 Å². The molecule has 0 spiro atoms. The van der Waals surface area contributed by atoms with Crippen molar-refractivity contribution in [2.24, 2.45) is 12.8 Å². The molecule has 0 saturated heterocycles. The molecule has 0 radical (unpaired) electrons. The van der Waals surface area contributed by atoms with E-state index in [2.05, 4.69) is 25.6 Å². The number of imidazole rings is 1. The first-order chi connectivity index (χ1) is 16.5. The third kappa shape index (κ3) is 5.85. The van der Waals surface area contributed by atoms with Gasteiger partial charge in [0.1, 0.15) is 17.7 Å². The predicted molar refractivity (Wildman–Crippen MR) is 135 cm³/mol. The quantitative estimate of drug-likeness (QED) is 0.354. The van der Waals surface area contributed by atoms with E-state index in [1.807, 2.05) is 49.0 Å². The summed E-state index contributed by atoms with van der Waals surface area (Å²) in [7, 11) is 1.87. The molecule has 0 aliphatic rings. The molecule has 0 aliphatic carbocycles. The lowest BCUT2D eigenvalue weighted by atomic mass is 9.93. The molecule has 11 heteroatoms. The SMILES string of the molecule is CCNC(=O)Nc1cc2c(-c3ccncc3)ccc(C(Cc3nccn3C)OC(N)=O)c2cn1.Cl. The first-order valence-corrected chi connectivity index (χ1v) is 10.8. The Labute approximate surface area is 208 Å². The number of nitrogens with one attached hydrogen (secondary N) is 2. The fourth-order valence-corrected chi connectivity index (χ4v) is 3.83. The monoisotopic (exact) mass is 495 g/mol. The highest BCUT2D eigenvalue weighted by atomic mass is 35.5. The van der Waals surface area contributed by atoms with Crippen LogP contribution in [0.25, 0.3) is 21.9 Å². The lowest BCUT2D eigenvalue weighted by Crippen LogP contribution is -2.28. The van der Waals surface area contributed by atoms with Gasteiger partial charge in [-0.2, -0.15) is 0 Å². The number of hydrogen-bond donors (Lipinski definition) is 3. The molecule has 3 heterocycles. The van der Waals surface area contributed by atoms with Crippen LogP contribution in [0, 0.1) is 0 Å². The molecule has 3 amide bonds. The fraction of sp³-hybridized carbons (Fsp3) is 0.208. The number of anilines is 1. The van der Waals surface area contributed by atoms with E-state index in [1.165, 1.54) is 0 Å². The molecule has 4 aromatic rings. The van der Waals surface area contributed by atoms with Crippen LogP contribution >= 0.6 is 12.4 Å². The Morgan fingerprint density at radius 3 is 2.54 bits per heavy atom. The fourth-order valence-electron chi connectivity index (χ4n) is 3.83. The number of carbonyl (C=O) groups excluding carboxylic acids is 2. The second-order valence-electron chi connectivity index (χ2n) is 7.62. The van der Waals surface area contributed by atoms with Gasteiger partial charge in [-0.25, -0.2) is 19.6 Å². The highest BCUT2D eigenvalue weighted by molar-refractivity contribution is 6.01. The maximum Gasteiger partial charge on any atom is 0.405 e. The van der Waals surface area contributed by atoms with Crippen LogP contribution in [0.3, 0.4) is 0 Å². The number of fused-ring (bicyclic) bond motifs is 1.